The molecule has 1 amide bonds. The van der Waals surface area contributed by atoms with E-state index in [4.69, 9.17) is 4.42 Å². The van der Waals surface area contributed by atoms with Crippen LogP contribution in [0.25, 0.3) is 0 Å². The molecule has 98 valence electrons. The second-order valence-electron chi connectivity index (χ2n) is 5.09. The molecule has 0 saturated heterocycles. The van der Waals surface area contributed by atoms with Crippen LogP contribution in [0.4, 0.5) is 0 Å². The number of hydrogen-bond acceptors (Lipinski definition) is 2. The molecule has 1 fully saturated rings. The Morgan fingerprint density at radius 1 is 1.26 bits per heavy atom. The fourth-order valence-corrected chi connectivity index (χ4v) is 2.40. The molecule has 1 heterocycles. The molecule has 1 saturated carbocycles. The van der Waals surface area contributed by atoms with Gasteiger partial charge in [0, 0.05) is 0 Å². The third-order valence-corrected chi connectivity index (χ3v) is 3.64. The number of aryl methyl sites for hydroxylation is 1. The quantitative estimate of drug-likeness (QED) is 0.909. The fraction of sp³-hybridized carbons (Fsp3) is 0.312. The molecule has 1 aromatic carbocycles. The Labute approximate surface area is 112 Å². The van der Waals surface area contributed by atoms with Gasteiger partial charge in [0.2, 0.25) is 0 Å². The highest BCUT2D eigenvalue weighted by atomic mass is 16.3. The van der Waals surface area contributed by atoms with E-state index < -0.39 is 0 Å². The molecular weight excluding hydrogens is 238 g/mol. The smallest absolute Gasteiger partial charge is 0.255 e. The van der Waals surface area contributed by atoms with E-state index in [2.05, 4.69) is 17.4 Å². The normalized spacial score (nSPS) is 16.1. The Balaban J connectivity index is 1.79. The molecule has 1 N–H and O–H groups in total. The average Bonchev–Trinajstić information content (AvgIpc) is 3.18. The molecule has 0 aliphatic heterocycles. The predicted molar refractivity (Wildman–Crippen MR) is 72.8 cm³/mol. The van der Waals surface area contributed by atoms with Crippen LogP contribution in [0.3, 0.4) is 0 Å². The molecule has 0 unspecified atom stereocenters. The lowest BCUT2D eigenvalue weighted by Gasteiger charge is -2.18. The van der Waals surface area contributed by atoms with Gasteiger partial charge in [-0.2, -0.15) is 0 Å². The summed E-state index contributed by atoms with van der Waals surface area (Å²) >= 11 is 0. The Morgan fingerprint density at radius 2 is 2.00 bits per heavy atom. The lowest BCUT2D eigenvalue weighted by molar-refractivity contribution is 0.0930. The molecule has 1 aromatic heterocycles. The summed E-state index contributed by atoms with van der Waals surface area (Å²) in [6.07, 6.45) is 3.92. The van der Waals surface area contributed by atoms with Crippen molar-refractivity contribution in [1.29, 1.82) is 0 Å². The van der Waals surface area contributed by atoms with Gasteiger partial charge in [0.15, 0.2) is 0 Å². The van der Waals surface area contributed by atoms with Gasteiger partial charge in [-0.3, -0.25) is 4.79 Å². The van der Waals surface area contributed by atoms with Gasteiger partial charge in [-0.1, -0.05) is 30.3 Å². The summed E-state index contributed by atoms with van der Waals surface area (Å²) in [5.74, 6) is 1.19. The molecule has 1 aliphatic carbocycles. The van der Waals surface area contributed by atoms with Crippen molar-refractivity contribution in [1.82, 2.24) is 5.32 Å². The SMILES string of the molecule is Cc1occc1C(=O)N[C@@H](c1ccccc1)C1CC1. The molecule has 0 spiro atoms. The minimum absolute atomic E-state index is 0.0491. The monoisotopic (exact) mass is 255 g/mol. The maximum Gasteiger partial charge on any atom is 0.255 e. The third kappa shape index (κ3) is 2.55. The highest BCUT2D eigenvalue weighted by Gasteiger charge is 2.33. The number of furan rings is 1. The zero-order chi connectivity index (χ0) is 13.2. The average molecular weight is 255 g/mol. The topological polar surface area (TPSA) is 42.2 Å². The number of amides is 1. The first-order valence-electron chi connectivity index (χ1n) is 6.65. The van der Waals surface area contributed by atoms with E-state index in [-0.39, 0.29) is 11.9 Å². The van der Waals surface area contributed by atoms with Crippen molar-refractivity contribution in [2.75, 3.05) is 0 Å². The van der Waals surface area contributed by atoms with Crippen LogP contribution in [-0.4, -0.2) is 5.91 Å². The molecule has 3 nitrogen and oxygen atoms in total. The molecule has 19 heavy (non-hydrogen) atoms. The molecule has 0 bridgehead atoms. The van der Waals surface area contributed by atoms with Crippen LogP contribution in [0.2, 0.25) is 0 Å². The van der Waals surface area contributed by atoms with Crippen LogP contribution in [0.15, 0.2) is 47.1 Å². The Bertz CT molecular complexity index is 569. The molecule has 2 aromatic rings. The summed E-state index contributed by atoms with van der Waals surface area (Å²) in [5.41, 5.74) is 1.81. The molecule has 1 atom stereocenters. The third-order valence-electron chi connectivity index (χ3n) is 3.64. The van der Waals surface area contributed by atoms with E-state index in [1.54, 1.807) is 12.3 Å². The van der Waals surface area contributed by atoms with E-state index in [1.807, 2.05) is 25.1 Å². The summed E-state index contributed by atoms with van der Waals surface area (Å²) in [6, 6.07) is 12.0. The van der Waals surface area contributed by atoms with Crippen LogP contribution < -0.4 is 5.32 Å². The van der Waals surface area contributed by atoms with Crippen molar-refractivity contribution in [2.45, 2.75) is 25.8 Å². The lowest BCUT2D eigenvalue weighted by atomic mass is 10.0. The van der Waals surface area contributed by atoms with Gasteiger partial charge < -0.3 is 9.73 Å². The first-order chi connectivity index (χ1) is 9.25. The van der Waals surface area contributed by atoms with E-state index in [0.717, 1.165) is 0 Å². The zero-order valence-electron chi connectivity index (χ0n) is 10.9. The predicted octanol–water partition coefficient (Wildman–Crippen LogP) is 3.47. The number of rotatable bonds is 4. The van der Waals surface area contributed by atoms with Crippen molar-refractivity contribution in [3.8, 4) is 0 Å². The van der Waals surface area contributed by atoms with E-state index in [1.165, 1.54) is 18.4 Å². The summed E-state index contributed by atoms with van der Waals surface area (Å²) in [5, 5.41) is 3.14. The van der Waals surface area contributed by atoms with E-state index in [0.29, 0.717) is 17.2 Å². The number of hydrogen-bond donors (Lipinski definition) is 1. The van der Waals surface area contributed by atoms with Crippen molar-refractivity contribution in [3.05, 3.63) is 59.5 Å². The Morgan fingerprint density at radius 3 is 2.58 bits per heavy atom. The van der Waals surface area contributed by atoms with Gasteiger partial charge in [-0.25, -0.2) is 0 Å². The standard InChI is InChI=1S/C16H17NO2/c1-11-14(9-10-19-11)16(18)17-15(13-7-8-13)12-5-3-2-4-6-12/h2-6,9-10,13,15H,7-8H2,1H3,(H,17,18)/t15-/m0/s1. The summed E-state index contributed by atoms with van der Waals surface area (Å²) in [6.45, 7) is 1.81. The van der Waals surface area contributed by atoms with Gasteiger partial charge >= 0.3 is 0 Å². The number of carbonyl (C=O) groups excluding carboxylic acids is 1. The van der Waals surface area contributed by atoms with Gasteiger partial charge in [0.1, 0.15) is 5.76 Å². The summed E-state index contributed by atoms with van der Waals surface area (Å²) < 4.78 is 5.19. The van der Waals surface area contributed by atoms with Crippen molar-refractivity contribution in [2.24, 2.45) is 5.92 Å². The van der Waals surface area contributed by atoms with Crippen molar-refractivity contribution >= 4 is 5.91 Å². The van der Waals surface area contributed by atoms with Gasteiger partial charge in [0.25, 0.3) is 5.91 Å². The van der Waals surface area contributed by atoms with E-state index in [9.17, 15) is 4.79 Å². The maximum absolute atomic E-state index is 12.3. The van der Waals surface area contributed by atoms with Gasteiger partial charge in [-0.05, 0) is 37.3 Å². The van der Waals surface area contributed by atoms with Crippen molar-refractivity contribution in [3.63, 3.8) is 0 Å². The number of benzene rings is 1. The minimum atomic E-state index is -0.0491. The lowest BCUT2D eigenvalue weighted by Crippen LogP contribution is -2.30. The Kier molecular flexibility index (Phi) is 3.11. The van der Waals surface area contributed by atoms with Crippen LogP contribution in [0.1, 0.15) is 40.6 Å². The molecule has 0 radical (unpaired) electrons. The van der Waals surface area contributed by atoms with Gasteiger partial charge in [-0.15, -0.1) is 0 Å². The van der Waals surface area contributed by atoms with Gasteiger partial charge in [0.05, 0.1) is 17.9 Å². The van der Waals surface area contributed by atoms with Crippen LogP contribution >= 0.6 is 0 Å². The number of carbonyl (C=O) groups is 1. The molecule has 1 aliphatic rings. The fourth-order valence-electron chi connectivity index (χ4n) is 2.40. The molecule has 3 rings (SSSR count). The van der Waals surface area contributed by atoms with Crippen LogP contribution in [-0.2, 0) is 0 Å². The highest BCUT2D eigenvalue weighted by molar-refractivity contribution is 5.95. The van der Waals surface area contributed by atoms with E-state index >= 15 is 0 Å². The largest absolute Gasteiger partial charge is 0.469 e. The Hall–Kier alpha value is -2.03. The van der Waals surface area contributed by atoms with Crippen LogP contribution in [0.5, 0.6) is 0 Å². The minimum Gasteiger partial charge on any atom is -0.469 e. The number of nitrogens with one attached hydrogen (secondary N) is 1. The second kappa shape index (κ2) is 4.92. The highest BCUT2D eigenvalue weighted by Crippen LogP contribution is 2.41. The zero-order valence-corrected chi connectivity index (χ0v) is 10.9. The molecular formula is C16H17NO2. The summed E-state index contributed by atoms with van der Waals surface area (Å²) in [7, 11) is 0. The molecule has 3 heteroatoms. The summed E-state index contributed by atoms with van der Waals surface area (Å²) in [4.78, 5) is 12.3. The first kappa shape index (κ1) is 12.0. The van der Waals surface area contributed by atoms with Crippen LogP contribution in [0, 0.1) is 12.8 Å². The van der Waals surface area contributed by atoms with Crippen molar-refractivity contribution < 1.29 is 9.21 Å². The maximum atomic E-state index is 12.3. The second-order valence-corrected chi connectivity index (χ2v) is 5.09. The first-order valence-corrected chi connectivity index (χ1v) is 6.65.